The van der Waals surface area contributed by atoms with E-state index in [1.54, 1.807) is 12.2 Å². The zero-order chi connectivity index (χ0) is 14.7. The molecule has 1 aromatic rings. The average molecular weight is 272 g/mol. The Hall–Kier alpha value is -1.68. The van der Waals surface area contributed by atoms with Crippen LogP contribution in [0.5, 0.6) is 0 Å². The van der Waals surface area contributed by atoms with Crippen molar-refractivity contribution in [3.05, 3.63) is 30.7 Å². The maximum atomic E-state index is 4.66. The van der Waals surface area contributed by atoms with Gasteiger partial charge >= 0.3 is 0 Å². The fraction of sp³-hybridized carbons (Fsp3) is 0.500. The summed E-state index contributed by atoms with van der Waals surface area (Å²) in [5, 5.41) is 0. The molecule has 0 aliphatic carbocycles. The van der Waals surface area contributed by atoms with Gasteiger partial charge in [0.15, 0.2) is 0 Å². The lowest BCUT2D eigenvalue weighted by atomic mass is 10.0. The summed E-state index contributed by atoms with van der Waals surface area (Å²) in [7, 11) is 2.20. The SMILES string of the molecule is C=Cc1ncc(N2CCN(C)C(C(C)C)C2)nc1C=C. The van der Waals surface area contributed by atoms with E-state index in [4.69, 9.17) is 0 Å². The van der Waals surface area contributed by atoms with Gasteiger partial charge in [-0.15, -0.1) is 0 Å². The second-order valence-electron chi connectivity index (χ2n) is 5.64. The molecule has 0 radical (unpaired) electrons. The molecule has 1 aliphatic rings. The molecule has 1 fully saturated rings. The predicted molar refractivity (Wildman–Crippen MR) is 85.7 cm³/mol. The lowest BCUT2D eigenvalue weighted by Gasteiger charge is -2.42. The van der Waals surface area contributed by atoms with Gasteiger partial charge in [-0.3, -0.25) is 9.88 Å². The third-order valence-electron chi connectivity index (χ3n) is 3.99. The molecule has 2 rings (SSSR count). The predicted octanol–water partition coefficient (Wildman–Crippen LogP) is 2.54. The summed E-state index contributed by atoms with van der Waals surface area (Å²) < 4.78 is 0. The highest BCUT2D eigenvalue weighted by molar-refractivity contribution is 5.59. The summed E-state index contributed by atoms with van der Waals surface area (Å²) in [4.78, 5) is 13.8. The Kier molecular flexibility index (Phi) is 4.55. The first-order chi connectivity index (χ1) is 9.56. The Morgan fingerprint density at radius 3 is 2.55 bits per heavy atom. The molecular formula is C16H24N4. The number of anilines is 1. The largest absolute Gasteiger partial charge is 0.352 e. The van der Waals surface area contributed by atoms with Crippen LogP contribution in [0.15, 0.2) is 19.4 Å². The smallest absolute Gasteiger partial charge is 0.147 e. The Labute approximate surface area is 121 Å². The minimum Gasteiger partial charge on any atom is -0.352 e. The molecule has 0 aromatic carbocycles. The van der Waals surface area contributed by atoms with Crippen molar-refractivity contribution in [2.24, 2.45) is 5.92 Å². The van der Waals surface area contributed by atoms with Gasteiger partial charge in [-0.1, -0.05) is 27.0 Å². The molecule has 0 N–H and O–H groups in total. The maximum absolute atomic E-state index is 4.66. The summed E-state index contributed by atoms with van der Waals surface area (Å²) in [5.41, 5.74) is 1.59. The first kappa shape index (κ1) is 14.7. The molecule has 1 atom stereocenters. The van der Waals surface area contributed by atoms with Crippen molar-refractivity contribution in [2.75, 3.05) is 31.6 Å². The fourth-order valence-corrected chi connectivity index (χ4v) is 2.69. The van der Waals surface area contributed by atoms with Crippen LogP contribution >= 0.6 is 0 Å². The van der Waals surface area contributed by atoms with Gasteiger partial charge in [0.25, 0.3) is 0 Å². The Balaban J connectivity index is 2.23. The van der Waals surface area contributed by atoms with Gasteiger partial charge in [0.05, 0.1) is 17.6 Å². The normalized spacial score (nSPS) is 20.2. The van der Waals surface area contributed by atoms with E-state index in [-0.39, 0.29) is 0 Å². The number of hydrogen-bond acceptors (Lipinski definition) is 4. The molecule has 20 heavy (non-hydrogen) atoms. The minimum atomic E-state index is 0.553. The first-order valence-electron chi connectivity index (χ1n) is 7.14. The van der Waals surface area contributed by atoms with Gasteiger partial charge in [0.2, 0.25) is 0 Å². The summed E-state index contributed by atoms with van der Waals surface area (Å²) >= 11 is 0. The Morgan fingerprint density at radius 1 is 1.25 bits per heavy atom. The van der Waals surface area contributed by atoms with Crippen LogP contribution in [0.2, 0.25) is 0 Å². The van der Waals surface area contributed by atoms with E-state index in [9.17, 15) is 0 Å². The van der Waals surface area contributed by atoms with Crippen LogP contribution in [0.1, 0.15) is 25.2 Å². The van der Waals surface area contributed by atoms with E-state index in [0.29, 0.717) is 12.0 Å². The summed E-state index contributed by atoms with van der Waals surface area (Å²) in [5.74, 6) is 1.56. The summed E-state index contributed by atoms with van der Waals surface area (Å²) in [6.45, 7) is 15.1. The van der Waals surface area contributed by atoms with Crippen molar-refractivity contribution < 1.29 is 0 Å². The van der Waals surface area contributed by atoms with Crippen LogP contribution in [0, 0.1) is 5.92 Å². The molecule has 1 aromatic heterocycles. The lowest BCUT2D eigenvalue weighted by Crippen LogP contribution is -2.53. The van der Waals surface area contributed by atoms with Gasteiger partial charge in [-0.2, -0.15) is 0 Å². The first-order valence-corrected chi connectivity index (χ1v) is 7.14. The molecule has 1 unspecified atom stereocenters. The van der Waals surface area contributed by atoms with Gasteiger partial charge < -0.3 is 4.90 Å². The lowest BCUT2D eigenvalue weighted by molar-refractivity contribution is 0.173. The number of nitrogens with zero attached hydrogens (tertiary/aromatic N) is 4. The Morgan fingerprint density at radius 2 is 1.95 bits per heavy atom. The molecule has 4 heteroatoms. The summed E-state index contributed by atoms with van der Waals surface area (Å²) in [6.07, 6.45) is 5.30. The number of likely N-dealkylation sites (N-methyl/N-ethyl adjacent to an activating group) is 1. The second kappa shape index (κ2) is 6.18. The highest BCUT2D eigenvalue weighted by Crippen LogP contribution is 2.21. The van der Waals surface area contributed by atoms with Crippen LogP contribution in [0.4, 0.5) is 5.82 Å². The van der Waals surface area contributed by atoms with Crippen molar-refractivity contribution in [3.8, 4) is 0 Å². The van der Waals surface area contributed by atoms with Gasteiger partial charge in [-0.25, -0.2) is 4.98 Å². The van der Waals surface area contributed by atoms with E-state index >= 15 is 0 Å². The van der Waals surface area contributed by atoms with Crippen molar-refractivity contribution >= 4 is 18.0 Å². The van der Waals surface area contributed by atoms with Crippen molar-refractivity contribution in [3.63, 3.8) is 0 Å². The molecule has 1 aliphatic heterocycles. The van der Waals surface area contributed by atoms with E-state index in [0.717, 1.165) is 36.8 Å². The zero-order valence-corrected chi connectivity index (χ0v) is 12.7. The highest BCUT2D eigenvalue weighted by Gasteiger charge is 2.27. The highest BCUT2D eigenvalue weighted by atomic mass is 15.3. The number of aromatic nitrogens is 2. The fourth-order valence-electron chi connectivity index (χ4n) is 2.69. The molecule has 0 amide bonds. The van der Waals surface area contributed by atoms with Crippen LogP contribution < -0.4 is 4.90 Å². The molecule has 108 valence electrons. The molecule has 1 saturated heterocycles. The van der Waals surface area contributed by atoms with Crippen LogP contribution in [-0.2, 0) is 0 Å². The third kappa shape index (κ3) is 2.90. The molecule has 2 heterocycles. The monoisotopic (exact) mass is 272 g/mol. The van der Waals surface area contributed by atoms with Gasteiger partial charge in [-0.05, 0) is 25.1 Å². The second-order valence-corrected chi connectivity index (χ2v) is 5.64. The molecule has 0 bridgehead atoms. The van der Waals surface area contributed by atoms with Crippen molar-refractivity contribution in [1.82, 2.24) is 14.9 Å². The van der Waals surface area contributed by atoms with E-state index in [2.05, 4.69) is 53.8 Å². The van der Waals surface area contributed by atoms with Crippen molar-refractivity contribution in [1.29, 1.82) is 0 Å². The Bertz CT molecular complexity index is 495. The minimum absolute atomic E-state index is 0.553. The molecular weight excluding hydrogens is 248 g/mol. The molecule has 4 nitrogen and oxygen atoms in total. The molecule has 0 saturated carbocycles. The number of rotatable bonds is 4. The maximum Gasteiger partial charge on any atom is 0.147 e. The topological polar surface area (TPSA) is 32.3 Å². The van der Waals surface area contributed by atoms with Crippen LogP contribution in [0.3, 0.4) is 0 Å². The third-order valence-corrected chi connectivity index (χ3v) is 3.99. The standard InChI is InChI=1S/C16H24N4/c1-6-13-14(7-2)18-16(10-17-13)20-9-8-19(5)15(11-20)12(3)4/h6-7,10,12,15H,1-2,8-9,11H2,3-5H3. The zero-order valence-electron chi connectivity index (χ0n) is 12.7. The average Bonchev–Trinajstić information content (AvgIpc) is 2.46. The van der Waals surface area contributed by atoms with E-state index in [1.165, 1.54) is 0 Å². The van der Waals surface area contributed by atoms with Gasteiger partial charge in [0, 0.05) is 25.7 Å². The van der Waals surface area contributed by atoms with Gasteiger partial charge in [0.1, 0.15) is 5.82 Å². The van der Waals surface area contributed by atoms with Crippen molar-refractivity contribution in [2.45, 2.75) is 19.9 Å². The van der Waals surface area contributed by atoms with Crippen LogP contribution in [-0.4, -0.2) is 47.6 Å². The summed E-state index contributed by atoms with van der Waals surface area (Å²) in [6, 6.07) is 0.553. The van der Waals surface area contributed by atoms with E-state index in [1.807, 2.05) is 6.20 Å². The van der Waals surface area contributed by atoms with E-state index < -0.39 is 0 Å². The van der Waals surface area contributed by atoms with Crippen LogP contribution in [0.25, 0.3) is 12.2 Å². The number of piperazine rings is 1. The number of hydrogen-bond donors (Lipinski definition) is 0. The molecule has 0 spiro atoms. The quantitative estimate of drug-likeness (QED) is 0.843.